The van der Waals surface area contributed by atoms with Gasteiger partial charge in [-0.3, -0.25) is 18.6 Å². The van der Waals surface area contributed by atoms with Gasteiger partial charge in [-0.15, -0.1) is 0 Å². The Morgan fingerprint density at radius 3 is 1.48 bits per heavy atom. The third kappa shape index (κ3) is 35.1. The van der Waals surface area contributed by atoms with Crippen molar-refractivity contribution in [3.8, 4) is 0 Å². The van der Waals surface area contributed by atoms with Crippen LogP contribution in [-0.4, -0.2) is 64.3 Å². The molecule has 0 aliphatic carbocycles. The van der Waals surface area contributed by atoms with Crippen molar-refractivity contribution in [3.63, 3.8) is 0 Å². The number of unbranched alkanes of at least 4 members (excludes halogenated alkanes) is 21. The molecule has 0 aromatic heterocycles. The Morgan fingerprint density at radius 1 is 0.621 bits per heavy atom. The van der Waals surface area contributed by atoms with Crippen molar-refractivity contribution in [3.05, 3.63) is 72.9 Å². The zero-order valence-electron chi connectivity index (χ0n) is 35.8. The fourth-order valence-corrected chi connectivity index (χ4v) is 6.94. The molecule has 0 saturated carbocycles. The lowest BCUT2D eigenvalue weighted by Gasteiger charge is -2.26. The number of hydrogen-bond acceptors (Lipinski definition) is 9. The number of ether oxygens (including phenoxy) is 1. The third-order valence-electron chi connectivity index (χ3n) is 9.45. The van der Waals surface area contributed by atoms with E-state index in [0.717, 1.165) is 38.2 Å². The maximum absolute atomic E-state index is 13.2. The lowest BCUT2D eigenvalue weighted by molar-refractivity contribution is -0.156. The minimum absolute atomic E-state index is 0.0588. The SMILES string of the molecule is CCCCCCCCCC=CC=CC=CC=CC=CC=CC(=O)O[C@@H](CO)C(OP(=O)(O)OC[C@H](N)C(=O)O)C(=O)CCCCCCCCCCCCCCCCC. The van der Waals surface area contributed by atoms with Gasteiger partial charge in [0.15, 0.2) is 18.0 Å². The van der Waals surface area contributed by atoms with Crippen molar-refractivity contribution in [2.75, 3.05) is 13.2 Å². The van der Waals surface area contributed by atoms with E-state index in [9.17, 15) is 28.9 Å². The molecule has 5 N–H and O–H groups in total. The highest BCUT2D eigenvalue weighted by molar-refractivity contribution is 7.47. The van der Waals surface area contributed by atoms with Crippen molar-refractivity contribution < 1.29 is 47.8 Å². The molecule has 11 nitrogen and oxygen atoms in total. The number of hydrogen-bond donors (Lipinski definition) is 4. The van der Waals surface area contributed by atoms with Crippen LogP contribution in [0.4, 0.5) is 0 Å². The summed E-state index contributed by atoms with van der Waals surface area (Å²) in [5.74, 6) is -3.06. The highest BCUT2D eigenvalue weighted by Gasteiger charge is 2.38. The lowest BCUT2D eigenvalue weighted by atomic mass is 10.0. The number of allylic oxidation sites excluding steroid dienone is 11. The lowest BCUT2D eigenvalue weighted by Crippen LogP contribution is -2.42. The van der Waals surface area contributed by atoms with Crippen LogP contribution in [0.3, 0.4) is 0 Å². The Morgan fingerprint density at radius 2 is 1.03 bits per heavy atom. The predicted molar refractivity (Wildman–Crippen MR) is 235 cm³/mol. The van der Waals surface area contributed by atoms with E-state index >= 15 is 0 Å². The largest absolute Gasteiger partial charge is 0.480 e. The number of aliphatic hydroxyl groups is 1. The minimum Gasteiger partial charge on any atom is -0.480 e. The summed E-state index contributed by atoms with van der Waals surface area (Å²) in [7, 11) is -5.06. The minimum atomic E-state index is -5.06. The average molecular weight is 836 g/mol. The third-order valence-corrected chi connectivity index (χ3v) is 10.4. The van der Waals surface area contributed by atoms with E-state index in [1.807, 2.05) is 30.4 Å². The van der Waals surface area contributed by atoms with Crippen molar-refractivity contribution >= 4 is 25.5 Å². The molecule has 58 heavy (non-hydrogen) atoms. The second kappa shape index (κ2) is 39.5. The Bertz CT molecular complexity index is 1270. The molecular weight excluding hydrogens is 757 g/mol. The van der Waals surface area contributed by atoms with Crippen molar-refractivity contribution in [2.24, 2.45) is 5.73 Å². The fourth-order valence-electron chi connectivity index (χ4n) is 5.99. The molecule has 0 aromatic rings. The molecule has 0 amide bonds. The highest BCUT2D eigenvalue weighted by atomic mass is 31.2. The Balaban J connectivity index is 4.87. The van der Waals surface area contributed by atoms with Crippen LogP contribution in [0.2, 0.25) is 0 Å². The molecule has 0 spiro atoms. The van der Waals surface area contributed by atoms with Crippen LogP contribution in [0.1, 0.15) is 168 Å². The number of ketones is 1. The fraction of sp³-hybridized carbons (Fsp3) is 0.674. The summed E-state index contributed by atoms with van der Waals surface area (Å²) in [6, 6.07) is -1.62. The van der Waals surface area contributed by atoms with E-state index in [4.69, 9.17) is 24.6 Å². The summed E-state index contributed by atoms with van der Waals surface area (Å²) in [4.78, 5) is 47.1. The summed E-state index contributed by atoms with van der Waals surface area (Å²) in [5, 5.41) is 19.0. The number of carbonyl (C=O) groups excluding carboxylic acids is 2. The molecule has 0 saturated heterocycles. The number of carboxylic acids is 1. The number of rotatable bonds is 40. The first kappa shape index (κ1) is 55.1. The maximum atomic E-state index is 13.2. The molecule has 332 valence electrons. The summed E-state index contributed by atoms with van der Waals surface area (Å²) < 4.78 is 27.7. The number of phosphoric acid groups is 1. The standard InChI is InChI=1S/C46H78NO10P/c1-3-5-7-9-11-13-15-17-19-20-21-22-24-26-28-30-32-34-36-38-44(50)56-43(39-48)45(57-58(53,54)55-40-41(47)46(51)52)42(49)37-35-33-31-29-27-25-23-18-16-14-12-10-8-6-4-2/h19-22,24,26,28,30,32,34,36,38,41,43,45,48H,3-18,23,25,27,29,31,33,35,37,39-40,47H2,1-2H3,(H,51,52)(H,53,54)/t41-,43-,45?/m0/s1. The van der Waals surface area contributed by atoms with Crippen LogP contribution < -0.4 is 5.73 Å². The van der Waals surface area contributed by atoms with Crippen LogP contribution in [0, 0.1) is 0 Å². The zero-order chi connectivity index (χ0) is 43.0. The second-order valence-corrected chi connectivity index (χ2v) is 16.2. The molecule has 0 rings (SSSR count). The summed E-state index contributed by atoms with van der Waals surface area (Å²) in [6.45, 7) is 2.70. The number of esters is 1. The van der Waals surface area contributed by atoms with Crippen LogP contribution >= 0.6 is 7.82 Å². The van der Waals surface area contributed by atoms with Gasteiger partial charge in [0.1, 0.15) is 6.04 Å². The number of nitrogens with two attached hydrogens (primary N) is 1. The van der Waals surface area contributed by atoms with E-state index in [0.29, 0.717) is 6.42 Å². The van der Waals surface area contributed by atoms with Crippen LogP contribution in [-0.2, 0) is 32.7 Å². The number of carboxylic acid groups (broad SMARTS) is 1. The van der Waals surface area contributed by atoms with Crippen molar-refractivity contribution in [1.29, 1.82) is 0 Å². The molecule has 12 heteroatoms. The van der Waals surface area contributed by atoms with E-state index in [1.54, 1.807) is 18.2 Å². The van der Waals surface area contributed by atoms with Crippen molar-refractivity contribution in [1.82, 2.24) is 0 Å². The Hall–Kier alpha value is -2.92. The van der Waals surface area contributed by atoms with Gasteiger partial charge < -0.3 is 25.6 Å². The first-order chi connectivity index (χ1) is 28.1. The van der Waals surface area contributed by atoms with Crippen LogP contribution in [0.25, 0.3) is 0 Å². The monoisotopic (exact) mass is 836 g/mol. The normalized spacial score (nSPS) is 15.1. The number of carbonyl (C=O) groups is 3. The number of aliphatic hydroxyl groups excluding tert-OH is 1. The molecular formula is C46H78NO10P. The summed E-state index contributed by atoms with van der Waals surface area (Å²) in [6.07, 6.45) is 45.1. The van der Waals surface area contributed by atoms with E-state index < -0.39 is 57.0 Å². The zero-order valence-corrected chi connectivity index (χ0v) is 36.7. The van der Waals surface area contributed by atoms with Gasteiger partial charge in [-0.05, 0) is 19.3 Å². The Kier molecular flexibility index (Phi) is 37.5. The molecule has 2 unspecified atom stereocenters. The van der Waals surface area contributed by atoms with Gasteiger partial charge in [0.25, 0.3) is 0 Å². The molecule has 4 atom stereocenters. The maximum Gasteiger partial charge on any atom is 0.473 e. The number of phosphoric ester groups is 1. The van der Waals surface area contributed by atoms with Crippen molar-refractivity contribution in [2.45, 2.75) is 186 Å². The predicted octanol–water partition coefficient (Wildman–Crippen LogP) is 11.1. The Labute approximate surface area is 350 Å². The van der Waals surface area contributed by atoms with E-state index in [-0.39, 0.29) is 6.42 Å². The molecule has 0 fully saturated rings. The summed E-state index contributed by atoms with van der Waals surface area (Å²) >= 11 is 0. The van der Waals surface area contributed by atoms with Gasteiger partial charge in [0.2, 0.25) is 0 Å². The molecule has 0 aliphatic rings. The van der Waals surface area contributed by atoms with E-state index in [2.05, 4.69) is 26.0 Å². The average Bonchev–Trinajstić information content (AvgIpc) is 3.20. The topological polar surface area (TPSA) is 183 Å². The molecule has 0 aliphatic heterocycles. The highest BCUT2D eigenvalue weighted by Crippen LogP contribution is 2.45. The van der Waals surface area contributed by atoms with Crippen LogP contribution in [0.5, 0.6) is 0 Å². The van der Waals surface area contributed by atoms with Gasteiger partial charge in [-0.25, -0.2) is 9.36 Å². The molecule has 0 heterocycles. The van der Waals surface area contributed by atoms with Gasteiger partial charge in [0.05, 0.1) is 13.2 Å². The number of aliphatic carboxylic acids is 1. The molecule has 0 bridgehead atoms. The smallest absolute Gasteiger partial charge is 0.473 e. The summed E-state index contributed by atoms with van der Waals surface area (Å²) in [5.41, 5.74) is 5.36. The van der Waals surface area contributed by atoms with Gasteiger partial charge in [-0.1, -0.05) is 209 Å². The van der Waals surface area contributed by atoms with Gasteiger partial charge >= 0.3 is 19.8 Å². The quantitative estimate of drug-likeness (QED) is 0.0151. The molecule has 0 radical (unpaired) electrons. The first-order valence-electron chi connectivity index (χ1n) is 22.1. The van der Waals surface area contributed by atoms with E-state index in [1.165, 1.54) is 115 Å². The molecule has 0 aromatic carbocycles. The number of Topliss-reactive ketones (excluding diaryl/α,β-unsaturated/α-hetero) is 1. The van der Waals surface area contributed by atoms with Gasteiger partial charge in [-0.2, -0.15) is 0 Å². The van der Waals surface area contributed by atoms with Gasteiger partial charge in [0, 0.05) is 12.5 Å². The first-order valence-corrected chi connectivity index (χ1v) is 23.6. The second-order valence-electron chi connectivity index (χ2n) is 14.8. The van der Waals surface area contributed by atoms with Crippen LogP contribution in [0.15, 0.2) is 72.9 Å².